The van der Waals surface area contributed by atoms with Crippen LogP contribution in [-0.4, -0.2) is 67.2 Å². The van der Waals surface area contributed by atoms with Crippen molar-refractivity contribution in [3.05, 3.63) is 24.3 Å². The van der Waals surface area contributed by atoms with Crippen molar-refractivity contribution in [1.29, 1.82) is 0 Å². The second-order valence-electron chi connectivity index (χ2n) is 5.96. The standard InChI is InChI=1S/C16H21N3O5/c20-13-9-14(17-16(22)23)15(21)19(10-13)12-3-1-11(2-4-12)18-5-7-24-8-6-18/h1-4,13-14,17,20H,5-10H2,(H,22,23). The summed E-state index contributed by atoms with van der Waals surface area (Å²) in [4.78, 5) is 26.9. The molecule has 2 atom stereocenters. The van der Waals surface area contributed by atoms with Crippen molar-refractivity contribution in [1.82, 2.24) is 5.32 Å². The summed E-state index contributed by atoms with van der Waals surface area (Å²) in [7, 11) is 0. The van der Waals surface area contributed by atoms with E-state index < -0.39 is 18.2 Å². The molecule has 2 fully saturated rings. The number of carbonyl (C=O) groups excluding carboxylic acids is 1. The number of ether oxygens (including phenoxy) is 1. The maximum absolute atomic E-state index is 12.5. The van der Waals surface area contributed by atoms with Crippen LogP contribution in [0.2, 0.25) is 0 Å². The van der Waals surface area contributed by atoms with Crippen molar-refractivity contribution >= 4 is 23.4 Å². The number of benzene rings is 1. The van der Waals surface area contributed by atoms with Crippen molar-refractivity contribution in [2.24, 2.45) is 0 Å². The number of hydrogen-bond donors (Lipinski definition) is 3. The van der Waals surface area contributed by atoms with Crippen LogP contribution in [0.3, 0.4) is 0 Å². The first-order valence-corrected chi connectivity index (χ1v) is 7.96. The maximum atomic E-state index is 12.5. The van der Waals surface area contributed by atoms with E-state index in [0.29, 0.717) is 18.9 Å². The minimum atomic E-state index is -1.27. The summed E-state index contributed by atoms with van der Waals surface area (Å²) < 4.78 is 5.33. The molecule has 8 heteroatoms. The predicted octanol–water partition coefficient (Wildman–Crippen LogP) is 0.257. The zero-order valence-corrected chi connectivity index (χ0v) is 13.2. The quantitative estimate of drug-likeness (QED) is 0.732. The number of β-amino-alcohol motifs (C(OH)–C–C–N with tert-alkyl or cyclic N) is 1. The number of anilines is 2. The molecule has 0 saturated carbocycles. The Hall–Kier alpha value is -2.32. The summed E-state index contributed by atoms with van der Waals surface area (Å²) in [6.07, 6.45) is -1.95. The fourth-order valence-electron chi connectivity index (χ4n) is 3.10. The number of aliphatic hydroxyl groups is 1. The average molecular weight is 335 g/mol. The highest BCUT2D eigenvalue weighted by Crippen LogP contribution is 2.25. The van der Waals surface area contributed by atoms with Gasteiger partial charge in [-0.05, 0) is 24.3 Å². The monoisotopic (exact) mass is 335 g/mol. The van der Waals surface area contributed by atoms with Crippen LogP contribution in [0.15, 0.2) is 24.3 Å². The molecular formula is C16H21N3O5. The first-order valence-electron chi connectivity index (χ1n) is 7.96. The Morgan fingerprint density at radius 3 is 2.42 bits per heavy atom. The summed E-state index contributed by atoms with van der Waals surface area (Å²) >= 11 is 0. The van der Waals surface area contributed by atoms with Gasteiger partial charge >= 0.3 is 6.09 Å². The van der Waals surface area contributed by atoms with Crippen LogP contribution in [0.25, 0.3) is 0 Å². The smallest absolute Gasteiger partial charge is 0.405 e. The predicted molar refractivity (Wildman–Crippen MR) is 87.4 cm³/mol. The topological polar surface area (TPSA) is 102 Å². The Balaban J connectivity index is 1.74. The number of aliphatic hydroxyl groups excluding tert-OH is 1. The normalized spacial score (nSPS) is 24.8. The van der Waals surface area contributed by atoms with Gasteiger partial charge in [-0.1, -0.05) is 0 Å². The highest BCUT2D eigenvalue weighted by atomic mass is 16.5. The van der Waals surface area contributed by atoms with E-state index in [9.17, 15) is 14.7 Å². The Morgan fingerprint density at radius 2 is 1.79 bits per heavy atom. The molecule has 2 unspecified atom stereocenters. The van der Waals surface area contributed by atoms with Crippen LogP contribution in [0.4, 0.5) is 16.2 Å². The molecule has 0 radical (unpaired) electrons. The highest BCUT2D eigenvalue weighted by Gasteiger charge is 2.35. The second-order valence-corrected chi connectivity index (χ2v) is 5.96. The minimum absolute atomic E-state index is 0.0908. The van der Waals surface area contributed by atoms with E-state index in [2.05, 4.69) is 10.2 Å². The molecule has 3 N–H and O–H groups in total. The van der Waals surface area contributed by atoms with E-state index in [1.54, 1.807) is 0 Å². The highest BCUT2D eigenvalue weighted by molar-refractivity contribution is 5.99. The number of hydrogen-bond acceptors (Lipinski definition) is 5. The SMILES string of the molecule is O=C(O)NC1CC(O)CN(c2ccc(N3CCOCC3)cc2)C1=O. The average Bonchev–Trinajstić information content (AvgIpc) is 2.58. The number of carboxylic acid groups (broad SMARTS) is 1. The third kappa shape index (κ3) is 3.60. The van der Waals surface area contributed by atoms with Crippen LogP contribution in [-0.2, 0) is 9.53 Å². The summed E-state index contributed by atoms with van der Waals surface area (Å²) in [5, 5.41) is 20.9. The fourth-order valence-corrected chi connectivity index (χ4v) is 3.10. The second kappa shape index (κ2) is 7.06. The van der Waals surface area contributed by atoms with E-state index in [1.807, 2.05) is 24.3 Å². The van der Waals surface area contributed by atoms with Crippen molar-refractivity contribution < 1.29 is 24.5 Å². The molecule has 2 aliphatic rings. The van der Waals surface area contributed by atoms with E-state index in [4.69, 9.17) is 9.84 Å². The van der Waals surface area contributed by atoms with Gasteiger partial charge in [0, 0.05) is 30.9 Å². The third-order valence-electron chi connectivity index (χ3n) is 4.30. The van der Waals surface area contributed by atoms with Gasteiger partial charge in [0.1, 0.15) is 6.04 Å². The molecule has 8 nitrogen and oxygen atoms in total. The zero-order chi connectivity index (χ0) is 17.1. The first-order chi connectivity index (χ1) is 11.5. The number of morpholine rings is 1. The van der Waals surface area contributed by atoms with E-state index in [1.165, 1.54) is 4.90 Å². The summed E-state index contributed by atoms with van der Waals surface area (Å²) in [6, 6.07) is 6.56. The molecule has 0 spiro atoms. The Bertz CT molecular complexity index is 600. The number of rotatable bonds is 3. The third-order valence-corrected chi connectivity index (χ3v) is 4.30. The molecule has 130 valence electrons. The summed E-state index contributed by atoms with van der Waals surface area (Å²) in [5.74, 6) is -0.346. The van der Waals surface area contributed by atoms with Crippen molar-refractivity contribution in [2.75, 3.05) is 42.6 Å². The Kier molecular flexibility index (Phi) is 4.86. The van der Waals surface area contributed by atoms with Gasteiger partial charge in [-0.2, -0.15) is 0 Å². The van der Waals surface area contributed by atoms with Gasteiger partial charge in [0.25, 0.3) is 0 Å². The molecule has 2 saturated heterocycles. The van der Waals surface area contributed by atoms with Crippen molar-refractivity contribution in [2.45, 2.75) is 18.6 Å². The van der Waals surface area contributed by atoms with E-state index >= 15 is 0 Å². The summed E-state index contributed by atoms with van der Waals surface area (Å²) in [5.41, 5.74) is 1.69. The van der Waals surface area contributed by atoms with Gasteiger partial charge in [0.15, 0.2) is 0 Å². The van der Waals surface area contributed by atoms with E-state index in [-0.39, 0.29) is 18.9 Å². The molecule has 0 aromatic heterocycles. The Labute approximate surface area is 139 Å². The molecule has 3 rings (SSSR count). The number of piperidine rings is 1. The molecule has 2 heterocycles. The van der Waals surface area contributed by atoms with Gasteiger partial charge in [0.2, 0.25) is 5.91 Å². The van der Waals surface area contributed by atoms with Gasteiger partial charge < -0.3 is 30.1 Å². The van der Waals surface area contributed by atoms with E-state index in [0.717, 1.165) is 18.8 Å². The fraction of sp³-hybridized carbons (Fsp3) is 0.500. The number of carbonyl (C=O) groups is 2. The molecule has 0 aliphatic carbocycles. The molecule has 2 aliphatic heterocycles. The number of amides is 2. The number of nitrogens with one attached hydrogen (secondary N) is 1. The van der Waals surface area contributed by atoms with Gasteiger partial charge in [0.05, 0.1) is 25.9 Å². The van der Waals surface area contributed by atoms with Gasteiger partial charge in [-0.25, -0.2) is 4.79 Å². The van der Waals surface area contributed by atoms with Crippen LogP contribution in [0.1, 0.15) is 6.42 Å². The number of nitrogens with zero attached hydrogens (tertiary/aromatic N) is 2. The van der Waals surface area contributed by atoms with Crippen molar-refractivity contribution in [3.63, 3.8) is 0 Å². The molecular weight excluding hydrogens is 314 g/mol. The molecule has 1 aromatic carbocycles. The van der Waals surface area contributed by atoms with Crippen LogP contribution in [0, 0.1) is 0 Å². The molecule has 24 heavy (non-hydrogen) atoms. The zero-order valence-electron chi connectivity index (χ0n) is 13.2. The summed E-state index contributed by atoms with van der Waals surface area (Å²) in [6.45, 7) is 3.20. The Morgan fingerprint density at radius 1 is 1.17 bits per heavy atom. The van der Waals surface area contributed by atoms with Crippen LogP contribution < -0.4 is 15.1 Å². The first kappa shape index (κ1) is 16.5. The van der Waals surface area contributed by atoms with Crippen LogP contribution >= 0.6 is 0 Å². The lowest BCUT2D eigenvalue weighted by Gasteiger charge is -2.35. The lowest BCUT2D eigenvalue weighted by molar-refractivity contribution is -0.123. The lowest BCUT2D eigenvalue weighted by Crippen LogP contribution is -2.56. The lowest BCUT2D eigenvalue weighted by atomic mass is 10.0. The van der Waals surface area contributed by atoms with Crippen molar-refractivity contribution in [3.8, 4) is 0 Å². The minimum Gasteiger partial charge on any atom is -0.465 e. The molecule has 1 aromatic rings. The molecule has 0 bridgehead atoms. The van der Waals surface area contributed by atoms with Crippen LogP contribution in [0.5, 0.6) is 0 Å². The largest absolute Gasteiger partial charge is 0.465 e. The maximum Gasteiger partial charge on any atom is 0.405 e. The van der Waals surface area contributed by atoms with Gasteiger partial charge in [-0.3, -0.25) is 4.79 Å². The molecule has 2 amide bonds. The van der Waals surface area contributed by atoms with Gasteiger partial charge in [-0.15, -0.1) is 0 Å².